The van der Waals surface area contributed by atoms with Crippen molar-refractivity contribution in [2.75, 3.05) is 37.7 Å². The number of anilines is 1. The Morgan fingerprint density at radius 1 is 1.14 bits per heavy atom. The molecule has 3 aromatic carbocycles. The molecule has 1 aliphatic carbocycles. The van der Waals surface area contributed by atoms with Crippen molar-refractivity contribution < 1.29 is 13.5 Å². The van der Waals surface area contributed by atoms with Gasteiger partial charge in [-0.25, -0.2) is 8.78 Å². The lowest BCUT2D eigenvalue weighted by Gasteiger charge is -2.34. The minimum Gasteiger partial charge on any atom is -0.461 e. The Morgan fingerprint density at radius 3 is 2.75 bits per heavy atom. The summed E-state index contributed by atoms with van der Waals surface area (Å²) in [6, 6.07) is 13.5. The Morgan fingerprint density at radius 2 is 1.95 bits per heavy atom. The number of rotatable bonds is 5. The van der Waals surface area contributed by atoms with E-state index in [1.807, 2.05) is 31.2 Å². The molecule has 0 N–H and O–H groups in total. The van der Waals surface area contributed by atoms with E-state index in [0.717, 1.165) is 43.4 Å². The number of hydrogen-bond donors (Lipinski definition) is 0. The third-order valence-electron chi connectivity index (χ3n) is 10.5. The average molecular weight is 614 g/mol. The van der Waals surface area contributed by atoms with E-state index in [1.165, 1.54) is 19.3 Å². The summed E-state index contributed by atoms with van der Waals surface area (Å²) in [6.45, 7) is 5.18. The van der Waals surface area contributed by atoms with Crippen molar-refractivity contribution >= 4 is 39.1 Å². The third kappa shape index (κ3) is 4.50. The van der Waals surface area contributed by atoms with E-state index in [0.29, 0.717) is 52.5 Å². The number of aromatic nitrogens is 2. The predicted octanol–water partition coefficient (Wildman–Crippen LogP) is 7.61. The van der Waals surface area contributed by atoms with Gasteiger partial charge in [-0.2, -0.15) is 15.2 Å². The standard InChI is InChI=1S/C35H34ClF2N5O/c1-20-10-23-4-2-5-24(15-39)29(23)26(11-20)30-28(36)13-27-32(31(30)38)40-34(41-33(27)42-16-21-6-7-22(12-21)17-42)44-19-35-8-3-9-43(35)18-25(37)14-35/h2,4-5,10-11,13,21-22,25H,3,6-9,12,14,16-19H2,1H3/t21?,22?,25-,35+/m1/s1. The van der Waals surface area contributed by atoms with Crippen LogP contribution in [0.5, 0.6) is 6.01 Å². The van der Waals surface area contributed by atoms with Crippen molar-refractivity contribution in [3.63, 3.8) is 0 Å². The van der Waals surface area contributed by atoms with E-state index in [2.05, 4.69) is 20.9 Å². The molecule has 6 nitrogen and oxygen atoms in total. The Labute approximate surface area is 260 Å². The van der Waals surface area contributed by atoms with Gasteiger partial charge in [0.2, 0.25) is 0 Å². The zero-order valence-electron chi connectivity index (χ0n) is 24.8. The summed E-state index contributed by atoms with van der Waals surface area (Å²) in [5.41, 5.74) is 1.91. The zero-order chi connectivity index (χ0) is 30.2. The number of halogens is 3. The highest BCUT2D eigenvalue weighted by molar-refractivity contribution is 6.35. The van der Waals surface area contributed by atoms with Crippen LogP contribution in [-0.2, 0) is 0 Å². The van der Waals surface area contributed by atoms with Crippen molar-refractivity contribution in [3.8, 4) is 23.2 Å². The van der Waals surface area contributed by atoms with E-state index in [-0.39, 0.29) is 34.3 Å². The predicted molar refractivity (Wildman–Crippen MR) is 168 cm³/mol. The molecule has 9 heteroatoms. The Hall–Kier alpha value is -3.54. The van der Waals surface area contributed by atoms with E-state index >= 15 is 4.39 Å². The van der Waals surface area contributed by atoms with Crippen LogP contribution in [0.15, 0.2) is 36.4 Å². The number of benzene rings is 3. The second-order valence-electron chi connectivity index (χ2n) is 13.4. The summed E-state index contributed by atoms with van der Waals surface area (Å²) in [7, 11) is 0. The van der Waals surface area contributed by atoms with E-state index in [9.17, 15) is 9.65 Å². The van der Waals surface area contributed by atoms with Crippen LogP contribution < -0.4 is 9.64 Å². The maximum absolute atomic E-state index is 17.0. The fraction of sp³-hybridized carbons (Fsp3) is 0.457. The molecule has 2 unspecified atom stereocenters. The molecule has 2 bridgehead atoms. The molecule has 226 valence electrons. The number of ether oxygens (including phenoxy) is 1. The Bertz CT molecular complexity index is 1850. The highest BCUT2D eigenvalue weighted by Gasteiger charge is 2.49. The van der Waals surface area contributed by atoms with Crippen molar-refractivity contribution in [3.05, 3.63) is 58.4 Å². The molecule has 3 saturated heterocycles. The lowest BCUT2D eigenvalue weighted by molar-refractivity contribution is 0.107. The van der Waals surface area contributed by atoms with Crippen LogP contribution in [0.2, 0.25) is 5.02 Å². The first kappa shape index (κ1) is 28.0. The van der Waals surface area contributed by atoms with Gasteiger partial charge >= 0.3 is 6.01 Å². The van der Waals surface area contributed by atoms with Crippen LogP contribution in [0.4, 0.5) is 14.6 Å². The molecular formula is C35H34ClF2N5O. The molecule has 4 atom stereocenters. The number of nitriles is 1. The van der Waals surface area contributed by atoms with Gasteiger partial charge in [0.25, 0.3) is 0 Å². The van der Waals surface area contributed by atoms with E-state index in [1.54, 1.807) is 12.1 Å². The van der Waals surface area contributed by atoms with Crippen LogP contribution >= 0.6 is 11.6 Å². The monoisotopic (exact) mass is 613 g/mol. The summed E-state index contributed by atoms with van der Waals surface area (Å²) in [6.07, 6.45) is 5.02. The van der Waals surface area contributed by atoms with Crippen LogP contribution in [0, 0.1) is 35.9 Å². The molecule has 1 aromatic heterocycles. The summed E-state index contributed by atoms with van der Waals surface area (Å²) in [5.74, 6) is 1.23. The van der Waals surface area contributed by atoms with Crippen LogP contribution in [0.25, 0.3) is 32.8 Å². The maximum Gasteiger partial charge on any atom is 0.319 e. The lowest BCUT2D eigenvalue weighted by atomic mass is 9.92. The number of aryl methyl sites for hydroxylation is 1. The Balaban J connectivity index is 1.29. The minimum absolute atomic E-state index is 0.105. The molecule has 4 heterocycles. The molecule has 4 aliphatic rings. The number of fused-ring (bicyclic) bond motifs is 5. The van der Waals surface area contributed by atoms with Gasteiger partial charge in [-0.15, -0.1) is 0 Å². The fourth-order valence-corrected chi connectivity index (χ4v) is 8.90. The quantitative estimate of drug-likeness (QED) is 0.231. The number of hydrogen-bond acceptors (Lipinski definition) is 6. The second-order valence-corrected chi connectivity index (χ2v) is 13.8. The average Bonchev–Trinajstić information content (AvgIpc) is 3.65. The molecule has 3 aliphatic heterocycles. The normalized spacial score (nSPS) is 26.4. The second kappa shape index (κ2) is 10.5. The molecule has 0 amide bonds. The van der Waals surface area contributed by atoms with Crippen LogP contribution in [0.3, 0.4) is 0 Å². The maximum atomic E-state index is 17.0. The van der Waals surface area contributed by atoms with Crippen molar-refractivity contribution in [2.24, 2.45) is 11.8 Å². The molecule has 44 heavy (non-hydrogen) atoms. The van der Waals surface area contributed by atoms with Gasteiger partial charge in [0.15, 0.2) is 5.82 Å². The molecule has 4 fully saturated rings. The van der Waals surface area contributed by atoms with Gasteiger partial charge in [-0.1, -0.05) is 35.9 Å². The number of nitrogens with zero attached hydrogens (tertiary/aromatic N) is 5. The first-order chi connectivity index (χ1) is 21.3. The number of alkyl halides is 1. The SMILES string of the molecule is Cc1cc(-c2c(Cl)cc3c(N4CC5CCC(C5)C4)nc(OC[C@@]45CCCN4C[C@H](F)C5)nc3c2F)c2c(C#N)cccc2c1. The van der Waals surface area contributed by atoms with Gasteiger partial charge in [0, 0.05) is 42.4 Å². The molecule has 4 aromatic rings. The van der Waals surface area contributed by atoms with E-state index in [4.69, 9.17) is 21.3 Å². The van der Waals surface area contributed by atoms with Gasteiger partial charge in [-0.3, -0.25) is 4.90 Å². The highest BCUT2D eigenvalue weighted by atomic mass is 35.5. The molecule has 0 spiro atoms. The van der Waals surface area contributed by atoms with Crippen molar-refractivity contribution in [1.82, 2.24) is 14.9 Å². The summed E-state index contributed by atoms with van der Waals surface area (Å²) in [4.78, 5) is 14.0. The third-order valence-corrected chi connectivity index (χ3v) is 10.8. The first-order valence-corrected chi connectivity index (χ1v) is 16.1. The summed E-state index contributed by atoms with van der Waals surface area (Å²) < 4.78 is 37.8. The molecule has 0 radical (unpaired) electrons. The molecular weight excluding hydrogens is 580 g/mol. The van der Waals surface area contributed by atoms with Crippen LogP contribution in [0.1, 0.15) is 49.7 Å². The Kier molecular flexibility index (Phi) is 6.69. The zero-order valence-corrected chi connectivity index (χ0v) is 25.5. The minimum atomic E-state index is -0.875. The largest absolute Gasteiger partial charge is 0.461 e. The smallest absolute Gasteiger partial charge is 0.319 e. The van der Waals surface area contributed by atoms with E-state index < -0.39 is 12.0 Å². The van der Waals surface area contributed by atoms with Gasteiger partial charge in [-0.05, 0) is 86.1 Å². The first-order valence-electron chi connectivity index (χ1n) is 15.7. The summed E-state index contributed by atoms with van der Waals surface area (Å²) in [5, 5.41) is 12.2. The van der Waals surface area contributed by atoms with Gasteiger partial charge < -0.3 is 9.64 Å². The van der Waals surface area contributed by atoms with Gasteiger partial charge in [0.1, 0.15) is 24.1 Å². The molecule has 1 saturated carbocycles. The van der Waals surface area contributed by atoms with Gasteiger partial charge in [0.05, 0.1) is 22.2 Å². The number of piperidine rings is 1. The summed E-state index contributed by atoms with van der Waals surface area (Å²) >= 11 is 6.96. The van der Waals surface area contributed by atoms with Crippen LogP contribution in [-0.4, -0.2) is 59.4 Å². The van der Waals surface area contributed by atoms with Crippen molar-refractivity contribution in [2.45, 2.75) is 57.2 Å². The topological polar surface area (TPSA) is 65.3 Å². The fourth-order valence-electron chi connectivity index (χ4n) is 8.61. The van der Waals surface area contributed by atoms with Crippen molar-refractivity contribution in [1.29, 1.82) is 5.26 Å². The lowest BCUT2D eigenvalue weighted by Crippen LogP contribution is -2.43. The molecule has 8 rings (SSSR count). The highest BCUT2D eigenvalue weighted by Crippen LogP contribution is 2.45.